The summed E-state index contributed by atoms with van der Waals surface area (Å²) in [5, 5.41) is 3.41. The lowest BCUT2D eigenvalue weighted by Crippen LogP contribution is -2.33. The molecule has 4 N–H and O–H groups in total. The highest BCUT2D eigenvalue weighted by atomic mass is 32.2. The lowest BCUT2D eigenvalue weighted by molar-refractivity contribution is 0.411. The van der Waals surface area contributed by atoms with Gasteiger partial charge in [0.1, 0.15) is 0 Å². The minimum absolute atomic E-state index is 0.308. The van der Waals surface area contributed by atoms with Crippen molar-refractivity contribution in [2.75, 3.05) is 16.3 Å². The molecule has 106 valence electrons. The molecular formula is C13H21N3O2S. The standard InChI is InChI=1S/C13H21N3O2S/c1-19(17,18)16-13-5-3-2-4-12(13)15-11-8-6-10(14)7-9-11/h2-5,10-11,15-16H,6-9,14H2,1H3. The second-order valence-corrected chi connectivity index (χ2v) is 6.92. The molecule has 1 saturated carbocycles. The van der Waals surface area contributed by atoms with E-state index >= 15 is 0 Å². The van der Waals surface area contributed by atoms with E-state index in [2.05, 4.69) is 10.0 Å². The molecule has 1 aliphatic rings. The van der Waals surface area contributed by atoms with Crippen LogP contribution in [0.4, 0.5) is 11.4 Å². The highest BCUT2D eigenvalue weighted by molar-refractivity contribution is 7.92. The summed E-state index contributed by atoms with van der Waals surface area (Å²) in [5.74, 6) is 0. The van der Waals surface area contributed by atoms with E-state index in [-0.39, 0.29) is 0 Å². The molecule has 0 aromatic heterocycles. The Morgan fingerprint density at radius 2 is 1.68 bits per heavy atom. The van der Waals surface area contributed by atoms with Gasteiger partial charge in [0.05, 0.1) is 17.6 Å². The summed E-state index contributed by atoms with van der Waals surface area (Å²) in [6.07, 6.45) is 5.23. The Hall–Kier alpha value is -1.27. The van der Waals surface area contributed by atoms with Crippen molar-refractivity contribution in [3.8, 4) is 0 Å². The van der Waals surface area contributed by atoms with Gasteiger partial charge < -0.3 is 11.1 Å². The average Bonchev–Trinajstić information content (AvgIpc) is 2.33. The summed E-state index contributed by atoms with van der Waals surface area (Å²) in [5.41, 5.74) is 7.31. The molecule has 0 spiro atoms. The summed E-state index contributed by atoms with van der Waals surface area (Å²) in [7, 11) is -3.26. The van der Waals surface area contributed by atoms with E-state index in [0.717, 1.165) is 37.6 Å². The molecule has 0 atom stereocenters. The van der Waals surface area contributed by atoms with Crippen LogP contribution in [-0.2, 0) is 10.0 Å². The summed E-state index contributed by atoms with van der Waals surface area (Å²) >= 11 is 0. The molecule has 0 unspecified atom stereocenters. The largest absolute Gasteiger partial charge is 0.381 e. The van der Waals surface area contributed by atoms with Crippen molar-refractivity contribution in [3.63, 3.8) is 0 Å². The number of para-hydroxylation sites is 2. The van der Waals surface area contributed by atoms with Crippen LogP contribution in [0.3, 0.4) is 0 Å². The lowest BCUT2D eigenvalue weighted by atomic mass is 9.91. The molecule has 1 aliphatic carbocycles. The summed E-state index contributed by atoms with van der Waals surface area (Å²) in [4.78, 5) is 0. The number of hydrogen-bond donors (Lipinski definition) is 3. The highest BCUT2D eigenvalue weighted by Gasteiger charge is 2.19. The fourth-order valence-electron chi connectivity index (χ4n) is 2.38. The van der Waals surface area contributed by atoms with Crippen LogP contribution in [0.2, 0.25) is 0 Å². The minimum atomic E-state index is -3.26. The zero-order valence-corrected chi connectivity index (χ0v) is 11.9. The Morgan fingerprint density at radius 1 is 1.11 bits per heavy atom. The predicted octanol–water partition coefficient (Wildman–Crippen LogP) is 1.74. The third-order valence-electron chi connectivity index (χ3n) is 3.35. The van der Waals surface area contributed by atoms with Crippen LogP contribution < -0.4 is 15.8 Å². The molecule has 0 amide bonds. The van der Waals surface area contributed by atoms with Crippen LogP contribution in [0.15, 0.2) is 24.3 Å². The van der Waals surface area contributed by atoms with E-state index in [9.17, 15) is 8.42 Å². The maximum Gasteiger partial charge on any atom is 0.229 e. The molecule has 1 aromatic carbocycles. The maximum absolute atomic E-state index is 11.3. The Morgan fingerprint density at radius 3 is 2.26 bits per heavy atom. The lowest BCUT2D eigenvalue weighted by Gasteiger charge is -2.28. The van der Waals surface area contributed by atoms with E-state index in [1.165, 1.54) is 0 Å². The van der Waals surface area contributed by atoms with Crippen molar-refractivity contribution in [3.05, 3.63) is 24.3 Å². The summed E-state index contributed by atoms with van der Waals surface area (Å²) < 4.78 is 25.2. The van der Waals surface area contributed by atoms with E-state index < -0.39 is 10.0 Å². The number of sulfonamides is 1. The minimum Gasteiger partial charge on any atom is -0.381 e. The van der Waals surface area contributed by atoms with Gasteiger partial charge in [0, 0.05) is 12.1 Å². The highest BCUT2D eigenvalue weighted by Crippen LogP contribution is 2.26. The average molecular weight is 283 g/mol. The molecule has 0 bridgehead atoms. The van der Waals surface area contributed by atoms with Gasteiger partial charge in [-0.3, -0.25) is 4.72 Å². The van der Waals surface area contributed by atoms with E-state index in [1.54, 1.807) is 6.07 Å². The quantitative estimate of drug-likeness (QED) is 0.786. The van der Waals surface area contributed by atoms with Gasteiger partial charge in [-0.15, -0.1) is 0 Å². The second-order valence-electron chi connectivity index (χ2n) is 5.18. The van der Waals surface area contributed by atoms with Crippen molar-refractivity contribution < 1.29 is 8.42 Å². The van der Waals surface area contributed by atoms with Crippen molar-refractivity contribution in [2.45, 2.75) is 37.8 Å². The summed E-state index contributed by atoms with van der Waals surface area (Å²) in [6, 6.07) is 8.03. The number of rotatable bonds is 4. The molecule has 0 heterocycles. The number of nitrogens with two attached hydrogens (primary N) is 1. The number of anilines is 2. The van der Waals surface area contributed by atoms with Crippen LogP contribution in [0.25, 0.3) is 0 Å². The third-order valence-corrected chi connectivity index (χ3v) is 3.94. The van der Waals surface area contributed by atoms with Crippen molar-refractivity contribution in [1.82, 2.24) is 0 Å². The fourth-order valence-corrected chi connectivity index (χ4v) is 2.96. The first kappa shape index (κ1) is 14.1. The molecule has 0 saturated heterocycles. The number of nitrogens with one attached hydrogen (secondary N) is 2. The SMILES string of the molecule is CS(=O)(=O)Nc1ccccc1NC1CCC(N)CC1. The van der Waals surface area contributed by atoms with Gasteiger partial charge in [0.15, 0.2) is 0 Å². The molecule has 19 heavy (non-hydrogen) atoms. The second kappa shape index (κ2) is 5.79. The van der Waals surface area contributed by atoms with Crippen LogP contribution in [-0.4, -0.2) is 26.8 Å². The molecule has 6 heteroatoms. The monoisotopic (exact) mass is 283 g/mol. The Labute approximate surface area is 114 Å². The third kappa shape index (κ3) is 4.40. The number of hydrogen-bond acceptors (Lipinski definition) is 4. The Kier molecular flexibility index (Phi) is 4.31. The molecule has 1 fully saturated rings. The smallest absolute Gasteiger partial charge is 0.229 e. The van der Waals surface area contributed by atoms with Crippen LogP contribution in [0.1, 0.15) is 25.7 Å². The fraction of sp³-hybridized carbons (Fsp3) is 0.538. The first-order valence-corrected chi connectivity index (χ1v) is 8.42. The van der Waals surface area contributed by atoms with E-state index in [0.29, 0.717) is 17.8 Å². The first-order valence-electron chi connectivity index (χ1n) is 6.53. The van der Waals surface area contributed by atoms with Crippen LogP contribution in [0, 0.1) is 0 Å². The normalized spacial score (nSPS) is 23.9. The first-order chi connectivity index (χ1) is 8.94. The van der Waals surface area contributed by atoms with Gasteiger partial charge in [0.2, 0.25) is 10.0 Å². The predicted molar refractivity (Wildman–Crippen MR) is 78.8 cm³/mol. The topological polar surface area (TPSA) is 84.2 Å². The molecule has 1 aromatic rings. The van der Waals surface area contributed by atoms with Gasteiger partial charge in [-0.1, -0.05) is 12.1 Å². The summed E-state index contributed by atoms with van der Waals surface area (Å²) in [6.45, 7) is 0. The van der Waals surface area contributed by atoms with Gasteiger partial charge in [-0.2, -0.15) is 0 Å². The van der Waals surface area contributed by atoms with E-state index in [1.807, 2.05) is 18.2 Å². The molecular weight excluding hydrogens is 262 g/mol. The zero-order valence-electron chi connectivity index (χ0n) is 11.1. The number of benzene rings is 1. The zero-order chi connectivity index (χ0) is 13.9. The van der Waals surface area contributed by atoms with Crippen molar-refractivity contribution in [1.29, 1.82) is 0 Å². The van der Waals surface area contributed by atoms with Crippen LogP contribution in [0.5, 0.6) is 0 Å². The van der Waals surface area contributed by atoms with Gasteiger partial charge in [-0.05, 0) is 37.8 Å². The molecule has 5 nitrogen and oxygen atoms in total. The van der Waals surface area contributed by atoms with Crippen molar-refractivity contribution in [2.24, 2.45) is 5.73 Å². The molecule has 0 aliphatic heterocycles. The van der Waals surface area contributed by atoms with E-state index in [4.69, 9.17) is 5.73 Å². The van der Waals surface area contributed by atoms with Gasteiger partial charge in [-0.25, -0.2) is 8.42 Å². The molecule has 0 radical (unpaired) electrons. The maximum atomic E-state index is 11.3. The Bertz CT molecular complexity index is 522. The Balaban J connectivity index is 2.07. The van der Waals surface area contributed by atoms with Gasteiger partial charge >= 0.3 is 0 Å². The molecule has 2 rings (SSSR count). The van der Waals surface area contributed by atoms with Crippen molar-refractivity contribution >= 4 is 21.4 Å². The van der Waals surface area contributed by atoms with Gasteiger partial charge in [0.25, 0.3) is 0 Å². The van der Waals surface area contributed by atoms with Crippen LogP contribution >= 0.6 is 0 Å².